The molecule has 0 atom stereocenters. The Labute approximate surface area is 130 Å². The molecule has 110 valence electrons. The summed E-state index contributed by atoms with van der Waals surface area (Å²) in [6.45, 7) is 0. The maximum atomic E-state index is 12.1. The highest BCUT2D eigenvalue weighted by Gasteiger charge is 2.17. The van der Waals surface area contributed by atoms with Crippen molar-refractivity contribution < 1.29 is 13.2 Å². The number of anilines is 1. The van der Waals surface area contributed by atoms with E-state index in [-0.39, 0.29) is 26.5 Å². The van der Waals surface area contributed by atoms with Crippen molar-refractivity contribution in [3.63, 3.8) is 0 Å². The van der Waals surface area contributed by atoms with E-state index >= 15 is 0 Å². The van der Waals surface area contributed by atoms with Gasteiger partial charge in [-0.3, -0.25) is 4.79 Å². The zero-order valence-electron chi connectivity index (χ0n) is 10.4. The summed E-state index contributed by atoms with van der Waals surface area (Å²) in [5.41, 5.74) is 0.112. The van der Waals surface area contributed by atoms with Crippen LogP contribution in [0.5, 0.6) is 0 Å². The van der Waals surface area contributed by atoms with Crippen LogP contribution < -0.4 is 10.5 Å². The number of hydrogen-bond acceptors (Lipinski definition) is 4. The number of benzene rings is 1. The lowest BCUT2D eigenvalue weighted by molar-refractivity contribution is 0.102. The lowest BCUT2D eigenvalue weighted by Crippen LogP contribution is -2.18. The molecule has 2 aromatic rings. The summed E-state index contributed by atoms with van der Waals surface area (Å²) >= 11 is 11.5. The Morgan fingerprint density at radius 2 is 1.81 bits per heavy atom. The number of carbonyl (C=O) groups excluding carboxylic acids is 1. The first-order chi connectivity index (χ1) is 9.79. The molecule has 1 heterocycles. The van der Waals surface area contributed by atoms with Crippen LogP contribution in [0.15, 0.2) is 41.3 Å². The predicted octanol–water partition coefficient (Wildman–Crippen LogP) is 2.29. The standard InChI is InChI=1S/C12H9Cl2N3O3S/c13-10-6-5-7(11(14)17-10)12(18)16-8-3-1-2-4-9(8)21(15,19)20/h1-6H,(H,16,18)(H2,15,19,20). The molecule has 0 aliphatic heterocycles. The average Bonchev–Trinajstić information content (AvgIpc) is 2.37. The van der Waals surface area contributed by atoms with E-state index in [1.807, 2.05) is 0 Å². The fourth-order valence-corrected chi connectivity index (χ4v) is 2.71. The number of hydrogen-bond donors (Lipinski definition) is 2. The van der Waals surface area contributed by atoms with Gasteiger partial charge in [0.25, 0.3) is 5.91 Å². The summed E-state index contributed by atoms with van der Waals surface area (Å²) in [5.74, 6) is -0.625. The molecule has 0 fully saturated rings. The molecule has 0 radical (unpaired) electrons. The fraction of sp³-hybridized carbons (Fsp3) is 0. The highest BCUT2D eigenvalue weighted by atomic mass is 35.5. The molecule has 0 unspecified atom stereocenters. The molecule has 21 heavy (non-hydrogen) atoms. The van der Waals surface area contributed by atoms with Gasteiger partial charge < -0.3 is 5.32 Å². The smallest absolute Gasteiger partial charge is 0.258 e. The van der Waals surface area contributed by atoms with Crippen LogP contribution in [0.2, 0.25) is 10.3 Å². The van der Waals surface area contributed by atoms with E-state index < -0.39 is 15.9 Å². The number of sulfonamides is 1. The molecule has 1 aromatic heterocycles. The number of nitrogens with two attached hydrogens (primary N) is 1. The molecule has 0 saturated carbocycles. The van der Waals surface area contributed by atoms with Gasteiger partial charge in [0.15, 0.2) is 0 Å². The van der Waals surface area contributed by atoms with E-state index in [4.69, 9.17) is 28.3 Å². The highest BCUT2D eigenvalue weighted by molar-refractivity contribution is 7.89. The van der Waals surface area contributed by atoms with E-state index in [1.54, 1.807) is 6.07 Å². The molecular weight excluding hydrogens is 337 g/mol. The molecule has 0 saturated heterocycles. The van der Waals surface area contributed by atoms with E-state index in [2.05, 4.69) is 10.3 Å². The number of nitrogens with zero attached hydrogens (tertiary/aromatic N) is 1. The van der Waals surface area contributed by atoms with Crippen molar-refractivity contribution in [3.05, 3.63) is 52.3 Å². The van der Waals surface area contributed by atoms with Crippen molar-refractivity contribution in [2.75, 3.05) is 5.32 Å². The van der Waals surface area contributed by atoms with Crippen molar-refractivity contribution in [1.82, 2.24) is 4.98 Å². The van der Waals surface area contributed by atoms with Gasteiger partial charge in [-0.15, -0.1) is 0 Å². The van der Waals surface area contributed by atoms with Crippen LogP contribution >= 0.6 is 23.2 Å². The molecule has 0 spiro atoms. The Morgan fingerprint density at radius 1 is 1.14 bits per heavy atom. The van der Waals surface area contributed by atoms with Crippen molar-refractivity contribution in [2.45, 2.75) is 4.90 Å². The van der Waals surface area contributed by atoms with Crippen LogP contribution in [0.25, 0.3) is 0 Å². The van der Waals surface area contributed by atoms with E-state index in [0.29, 0.717) is 0 Å². The summed E-state index contributed by atoms with van der Waals surface area (Å²) in [6.07, 6.45) is 0. The van der Waals surface area contributed by atoms with Crippen molar-refractivity contribution in [1.29, 1.82) is 0 Å². The Hall–Kier alpha value is -1.67. The third kappa shape index (κ3) is 3.70. The number of primary sulfonamides is 1. The molecular formula is C12H9Cl2N3O3S. The number of halogens is 2. The molecule has 0 aliphatic carbocycles. The second-order valence-electron chi connectivity index (χ2n) is 3.97. The van der Waals surface area contributed by atoms with Crippen molar-refractivity contribution >= 4 is 44.8 Å². The van der Waals surface area contributed by atoms with Gasteiger partial charge in [0.05, 0.1) is 11.3 Å². The molecule has 1 amide bonds. The minimum absolute atomic E-state index is 0.0519. The minimum atomic E-state index is -3.96. The normalized spacial score (nSPS) is 11.2. The SMILES string of the molecule is NS(=O)(=O)c1ccccc1NC(=O)c1ccc(Cl)nc1Cl. The second kappa shape index (κ2) is 5.98. The van der Waals surface area contributed by atoms with E-state index in [9.17, 15) is 13.2 Å². The largest absolute Gasteiger partial charge is 0.321 e. The van der Waals surface area contributed by atoms with Gasteiger partial charge in [0.2, 0.25) is 10.0 Å². The van der Waals surface area contributed by atoms with Crippen LogP contribution in [0.1, 0.15) is 10.4 Å². The van der Waals surface area contributed by atoms with Crippen LogP contribution in [-0.4, -0.2) is 19.3 Å². The highest BCUT2D eigenvalue weighted by Crippen LogP contribution is 2.22. The van der Waals surface area contributed by atoms with Gasteiger partial charge >= 0.3 is 0 Å². The van der Waals surface area contributed by atoms with Crippen molar-refractivity contribution in [2.24, 2.45) is 5.14 Å². The van der Waals surface area contributed by atoms with Gasteiger partial charge in [0, 0.05) is 0 Å². The average molecular weight is 346 g/mol. The molecule has 3 N–H and O–H groups in total. The fourth-order valence-electron chi connectivity index (χ4n) is 1.59. The quantitative estimate of drug-likeness (QED) is 0.833. The monoisotopic (exact) mass is 345 g/mol. The Bertz CT molecular complexity index is 809. The van der Waals surface area contributed by atoms with Crippen LogP contribution in [0.4, 0.5) is 5.69 Å². The van der Waals surface area contributed by atoms with E-state index in [1.165, 1.54) is 30.3 Å². The van der Waals surface area contributed by atoms with Crippen molar-refractivity contribution in [3.8, 4) is 0 Å². The van der Waals surface area contributed by atoms with Gasteiger partial charge in [-0.25, -0.2) is 18.5 Å². The minimum Gasteiger partial charge on any atom is -0.321 e. The van der Waals surface area contributed by atoms with Crippen LogP contribution in [0.3, 0.4) is 0 Å². The molecule has 1 aromatic carbocycles. The Kier molecular flexibility index (Phi) is 4.48. The van der Waals surface area contributed by atoms with Gasteiger partial charge in [-0.1, -0.05) is 35.3 Å². The van der Waals surface area contributed by atoms with E-state index in [0.717, 1.165) is 0 Å². The summed E-state index contributed by atoms with van der Waals surface area (Å²) in [4.78, 5) is 15.6. The molecule has 0 bridgehead atoms. The Morgan fingerprint density at radius 3 is 2.43 bits per heavy atom. The first kappa shape index (κ1) is 15.7. The molecule has 2 rings (SSSR count). The molecule has 0 aliphatic rings. The van der Waals surface area contributed by atoms with Crippen LogP contribution in [0, 0.1) is 0 Å². The number of amides is 1. The third-order valence-electron chi connectivity index (χ3n) is 2.50. The summed E-state index contributed by atoms with van der Waals surface area (Å²) < 4.78 is 22.9. The predicted molar refractivity (Wildman–Crippen MR) is 80.0 cm³/mol. The lowest BCUT2D eigenvalue weighted by Gasteiger charge is -2.10. The number of para-hydroxylation sites is 1. The second-order valence-corrected chi connectivity index (χ2v) is 6.24. The maximum Gasteiger partial charge on any atom is 0.258 e. The molecule has 6 nitrogen and oxygen atoms in total. The maximum absolute atomic E-state index is 12.1. The lowest BCUT2D eigenvalue weighted by atomic mass is 10.2. The number of nitrogens with one attached hydrogen (secondary N) is 1. The summed E-state index contributed by atoms with van der Waals surface area (Å²) in [5, 5.41) is 7.57. The summed E-state index contributed by atoms with van der Waals surface area (Å²) in [6, 6.07) is 8.53. The number of aromatic nitrogens is 1. The zero-order valence-corrected chi connectivity index (χ0v) is 12.7. The number of pyridine rings is 1. The van der Waals surface area contributed by atoms with Gasteiger partial charge in [0.1, 0.15) is 15.2 Å². The van der Waals surface area contributed by atoms with Gasteiger partial charge in [-0.2, -0.15) is 0 Å². The van der Waals surface area contributed by atoms with Gasteiger partial charge in [-0.05, 0) is 24.3 Å². The summed E-state index contributed by atoms with van der Waals surface area (Å²) in [7, 11) is -3.96. The number of rotatable bonds is 3. The first-order valence-electron chi connectivity index (χ1n) is 5.54. The Balaban J connectivity index is 2.37. The van der Waals surface area contributed by atoms with Crippen LogP contribution in [-0.2, 0) is 10.0 Å². The zero-order chi connectivity index (χ0) is 15.6. The molecule has 9 heteroatoms. The topological polar surface area (TPSA) is 102 Å². The number of carbonyl (C=O) groups is 1. The first-order valence-corrected chi connectivity index (χ1v) is 7.84. The third-order valence-corrected chi connectivity index (χ3v) is 3.97.